The summed E-state index contributed by atoms with van der Waals surface area (Å²) in [6.45, 7) is 8.67. The van der Waals surface area contributed by atoms with Crippen LogP contribution < -0.4 is 11.1 Å². The monoisotopic (exact) mass is 324 g/mol. The van der Waals surface area contributed by atoms with E-state index in [1.807, 2.05) is 30.3 Å². The van der Waals surface area contributed by atoms with Crippen molar-refractivity contribution in [2.75, 3.05) is 11.1 Å². The van der Waals surface area contributed by atoms with E-state index in [-0.39, 0.29) is 5.91 Å². The van der Waals surface area contributed by atoms with Crippen LogP contribution in [0.25, 0.3) is 0 Å². The first-order chi connectivity index (χ1) is 11.4. The van der Waals surface area contributed by atoms with Crippen molar-refractivity contribution in [1.29, 1.82) is 0 Å². The summed E-state index contributed by atoms with van der Waals surface area (Å²) in [5.41, 5.74) is 11.1. The lowest BCUT2D eigenvalue weighted by Gasteiger charge is -2.17. The number of amides is 1. The van der Waals surface area contributed by atoms with Crippen molar-refractivity contribution in [3.63, 3.8) is 0 Å². The minimum absolute atomic E-state index is 0.0254. The highest BCUT2D eigenvalue weighted by Crippen LogP contribution is 2.28. The van der Waals surface area contributed by atoms with Gasteiger partial charge >= 0.3 is 0 Å². The van der Waals surface area contributed by atoms with Crippen molar-refractivity contribution in [2.45, 2.75) is 52.4 Å². The van der Waals surface area contributed by atoms with E-state index in [0.29, 0.717) is 24.7 Å². The van der Waals surface area contributed by atoms with Crippen molar-refractivity contribution in [1.82, 2.24) is 0 Å². The molecule has 0 radical (unpaired) electrons. The Kier molecular flexibility index (Phi) is 6.02. The number of hydrogen-bond donors (Lipinski definition) is 2. The Labute approximate surface area is 145 Å². The van der Waals surface area contributed by atoms with Gasteiger partial charge in [-0.05, 0) is 47.1 Å². The molecular formula is C21H28N2O. The van der Waals surface area contributed by atoms with Gasteiger partial charge in [0.25, 0.3) is 0 Å². The number of nitrogen functional groups attached to an aromatic ring is 1. The standard InChI is InChI=1S/C21H28N2O/c1-14(2)17-9-11-20(18(13-17)15(3)4)23-21(24)12-10-16-7-5-6-8-19(16)22/h5-9,11,13-15H,10,12,22H2,1-4H3,(H,23,24). The van der Waals surface area contributed by atoms with Crippen LogP contribution >= 0.6 is 0 Å². The molecule has 0 saturated carbocycles. The van der Waals surface area contributed by atoms with E-state index in [4.69, 9.17) is 5.73 Å². The molecule has 0 aliphatic heterocycles. The molecule has 0 bridgehead atoms. The van der Waals surface area contributed by atoms with E-state index in [1.54, 1.807) is 0 Å². The summed E-state index contributed by atoms with van der Waals surface area (Å²) in [5.74, 6) is 0.870. The van der Waals surface area contributed by atoms with Gasteiger partial charge in [-0.15, -0.1) is 0 Å². The van der Waals surface area contributed by atoms with Crippen molar-refractivity contribution in [3.05, 3.63) is 59.2 Å². The predicted molar refractivity (Wildman–Crippen MR) is 102 cm³/mol. The highest BCUT2D eigenvalue weighted by atomic mass is 16.1. The van der Waals surface area contributed by atoms with Gasteiger partial charge in [-0.1, -0.05) is 58.0 Å². The first kappa shape index (κ1) is 18.1. The number of benzene rings is 2. The van der Waals surface area contributed by atoms with Gasteiger partial charge in [-0.2, -0.15) is 0 Å². The second-order valence-corrected chi connectivity index (χ2v) is 6.90. The van der Waals surface area contributed by atoms with Crippen molar-refractivity contribution < 1.29 is 4.79 Å². The summed E-state index contributed by atoms with van der Waals surface area (Å²) < 4.78 is 0. The highest BCUT2D eigenvalue weighted by molar-refractivity contribution is 5.91. The first-order valence-electron chi connectivity index (χ1n) is 8.65. The Hall–Kier alpha value is -2.29. The number of anilines is 2. The molecule has 1 amide bonds. The van der Waals surface area contributed by atoms with Crippen LogP contribution in [0.3, 0.4) is 0 Å². The van der Waals surface area contributed by atoms with Gasteiger partial charge < -0.3 is 11.1 Å². The Morgan fingerprint density at radius 1 is 1.04 bits per heavy atom. The average molecular weight is 324 g/mol. The first-order valence-corrected chi connectivity index (χ1v) is 8.65. The number of aryl methyl sites for hydroxylation is 1. The van der Waals surface area contributed by atoms with E-state index in [0.717, 1.165) is 16.9 Å². The van der Waals surface area contributed by atoms with E-state index in [9.17, 15) is 4.79 Å². The zero-order valence-corrected chi connectivity index (χ0v) is 15.1. The van der Waals surface area contributed by atoms with Crippen LogP contribution in [0.15, 0.2) is 42.5 Å². The molecule has 2 aromatic rings. The Bertz CT molecular complexity index is 705. The fraction of sp³-hybridized carbons (Fsp3) is 0.381. The molecule has 24 heavy (non-hydrogen) atoms. The van der Waals surface area contributed by atoms with E-state index >= 15 is 0 Å². The maximum atomic E-state index is 12.3. The van der Waals surface area contributed by atoms with Crippen molar-refractivity contribution in [3.8, 4) is 0 Å². The molecule has 3 heteroatoms. The summed E-state index contributed by atoms with van der Waals surface area (Å²) in [6, 6.07) is 14.0. The number of carbonyl (C=O) groups is 1. The smallest absolute Gasteiger partial charge is 0.224 e. The number of carbonyl (C=O) groups excluding carboxylic acids is 1. The zero-order valence-electron chi connectivity index (χ0n) is 15.1. The summed E-state index contributed by atoms with van der Waals surface area (Å²) in [6.07, 6.45) is 1.08. The van der Waals surface area contributed by atoms with Crippen LogP contribution in [-0.4, -0.2) is 5.91 Å². The van der Waals surface area contributed by atoms with Gasteiger partial charge in [0, 0.05) is 17.8 Å². The lowest BCUT2D eigenvalue weighted by Crippen LogP contribution is -2.14. The minimum atomic E-state index is 0.0254. The molecule has 0 heterocycles. The maximum Gasteiger partial charge on any atom is 0.224 e. The largest absolute Gasteiger partial charge is 0.399 e. The molecule has 0 aliphatic rings. The lowest BCUT2D eigenvalue weighted by atomic mass is 9.94. The second kappa shape index (κ2) is 8.00. The average Bonchev–Trinajstić information content (AvgIpc) is 2.54. The second-order valence-electron chi connectivity index (χ2n) is 6.90. The van der Waals surface area contributed by atoms with Crippen molar-refractivity contribution in [2.24, 2.45) is 0 Å². The summed E-state index contributed by atoms with van der Waals surface area (Å²) in [4.78, 5) is 12.3. The van der Waals surface area contributed by atoms with Crippen LogP contribution in [0, 0.1) is 0 Å². The van der Waals surface area contributed by atoms with Gasteiger partial charge in [0.05, 0.1) is 0 Å². The Morgan fingerprint density at radius 2 is 1.75 bits per heavy atom. The lowest BCUT2D eigenvalue weighted by molar-refractivity contribution is -0.116. The van der Waals surface area contributed by atoms with Gasteiger partial charge in [0.2, 0.25) is 5.91 Å². The number of rotatable bonds is 6. The molecule has 0 unspecified atom stereocenters. The molecule has 0 fully saturated rings. The Balaban J connectivity index is 2.07. The molecule has 0 atom stereocenters. The number of nitrogens with two attached hydrogens (primary N) is 1. The van der Waals surface area contributed by atoms with E-state index in [1.165, 1.54) is 11.1 Å². The van der Waals surface area contributed by atoms with E-state index in [2.05, 4.69) is 45.1 Å². The summed E-state index contributed by atoms with van der Waals surface area (Å²) in [7, 11) is 0. The van der Waals surface area contributed by atoms with Crippen LogP contribution in [0.5, 0.6) is 0 Å². The third-order valence-corrected chi connectivity index (χ3v) is 4.31. The SMILES string of the molecule is CC(C)c1ccc(NC(=O)CCc2ccccc2N)c(C(C)C)c1. The zero-order chi connectivity index (χ0) is 17.7. The minimum Gasteiger partial charge on any atom is -0.399 e. The van der Waals surface area contributed by atoms with Crippen LogP contribution in [-0.2, 0) is 11.2 Å². The van der Waals surface area contributed by atoms with Gasteiger partial charge in [0.15, 0.2) is 0 Å². The third-order valence-electron chi connectivity index (χ3n) is 4.31. The third kappa shape index (κ3) is 4.60. The fourth-order valence-electron chi connectivity index (χ4n) is 2.75. The molecule has 0 aromatic heterocycles. The van der Waals surface area contributed by atoms with Crippen molar-refractivity contribution >= 4 is 17.3 Å². The van der Waals surface area contributed by atoms with E-state index < -0.39 is 0 Å². The highest BCUT2D eigenvalue weighted by Gasteiger charge is 2.12. The van der Waals surface area contributed by atoms with Gasteiger partial charge in [-0.3, -0.25) is 4.79 Å². The Morgan fingerprint density at radius 3 is 2.38 bits per heavy atom. The normalized spacial score (nSPS) is 11.1. The predicted octanol–water partition coefficient (Wildman–Crippen LogP) is 5.09. The molecule has 0 saturated heterocycles. The van der Waals surface area contributed by atoms with Crippen LogP contribution in [0.4, 0.5) is 11.4 Å². The fourth-order valence-corrected chi connectivity index (χ4v) is 2.75. The summed E-state index contributed by atoms with van der Waals surface area (Å²) in [5, 5.41) is 3.07. The summed E-state index contributed by atoms with van der Waals surface area (Å²) >= 11 is 0. The molecule has 0 aliphatic carbocycles. The van der Waals surface area contributed by atoms with Crippen LogP contribution in [0.2, 0.25) is 0 Å². The van der Waals surface area contributed by atoms with Gasteiger partial charge in [-0.25, -0.2) is 0 Å². The number of para-hydroxylation sites is 1. The van der Waals surface area contributed by atoms with Gasteiger partial charge in [0.1, 0.15) is 0 Å². The molecule has 2 aromatic carbocycles. The quantitative estimate of drug-likeness (QED) is 0.727. The molecule has 3 N–H and O–H groups in total. The molecule has 0 spiro atoms. The number of nitrogens with one attached hydrogen (secondary N) is 1. The molecule has 2 rings (SSSR count). The molecular weight excluding hydrogens is 296 g/mol. The molecule has 3 nitrogen and oxygen atoms in total. The topological polar surface area (TPSA) is 55.1 Å². The number of hydrogen-bond acceptors (Lipinski definition) is 2. The maximum absolute atomic E-state index is 12.3. The van der Waals surface area contributed by atoms with Crippen LogP contribution in [0.1, 0.15) is 62.6 Å². The molecule has 128 valence electrons.